The SMILES string of the molecule is CCC(=O)c1ccc(COc2ccc(F)cc2CC(C)C)cc1. The molecule has 0 heterocycles. The van der Waals surface area contributed by atoms with E-state index in [0.717, 1.165) is 23.1 Å². The molecule has 3 heteroatoms. The summed E-state index contributed by atoms with van der Waals surface area (Å²) in [7, 11) is 0. The summed E-state index contributed by atoms with van der Waals surface area (Å²) in [4.78, 5) is 11.6. The van der Waals surface area contributed by atoms with Gasteiger partial charge in [0.05, 0.1) is 0 Å². The average Bonchev–Trinajstić information content (AvgIpc) is 2.53. The summed E-state index contributed by atoms with van der Waals surface area (Å²) in [5.74, 6) is 1.04. The van der Waals surface area contributed by atoms with E-state index in [2.05, 4.69) is 13.8 Å². The zero-order valence-electron chi connectivity index (χ0n) is 13.9. The molecule has 0 bridgehead atoms. The lowest BCUT2D eigenvalue weighted by molar-refractivity contribution is 0.0988. The molecule has 0 aromatic heterocycles. The number of benzene rings is 2. The highest BCUT2D eigenvalue weighted by atomic mass is 19.1. The third-order valence-electron chi connectivity index (χ3n) is 3.64. The van der Waals surface area contributed by atoms with Gasteiger partial charge in [0.15, 0.2) is 5.78 Å². The normalized spacial score (nSPS) is 10.8. The van der Waals surface area contributed by atoms with Gasteiger partial charge in [0.2, 0.25) is 0 Å². The predicted molar refractivity (Wildman–Crippen MR) is 90.3 cm³/mol. The first-order valence-electron chi connectivity index (χ1n) is 8.03. The van der Waals surface area contributed by atoms with Gasteiger partial charge < -0.3 is 4.74 Å². The molecule has 0 fully saturated rings. The van der Waals surface area contributed by atoms with Crippen LogP contribution in [-0.4, -0.2) is 5.78 Å². The number of hydrogen-bond acceptors (Lipinski definition) is 2. The van der Waals surface area contributed by atoms with Gasteiger partial charge in [-0.1, -0.05) is 45.0 Å². The molecule has 2 aromatic carbocycles. The highest BCUT2D eigenvalue weighted by molar-refractivity contribution is 5.95. The zero-order valence-corrected chi connectivity index (χ0v) is 13.9. The second-order valence-electron chi connectivity index (χ2n) is 6.11. The Balaban J connectivity index is 2.07. The van der Waals surface area contributed by atoms with Crippen molar-refractivity contribution in [3.05, 3.63) is 65.0 Å². The van der Waals surface area contributed by atoms with Crippen molar-refractivity contribution in [3.8, 4) is 5.75 Å². The quantitative estimate of drug-likeness (QED) is 0.657. The van der Waals surface area contributed by atoms with Gasteiger partial charge in [0.25, 0.3) is 0 Å². The number of hydrogen-bond donors (Lipinski definition) is 0. The van der Waals surface area contributed by atoms with Crippen LogP contribution in [0.1, 0.15) is 48.7 Å². The summed E-state index contributed by atoms with van der Waals surface area (Å²) in [6.45, 7) is 6.44. The number of carbonyl (C=O) groups is 1. The molecule has 0 saturated heterocycles. The predicted octanol–water partition coefficient (Wildman–Crippen LogP) is 5.20. The number of ether oxygens (including phenoxy) is 1. The topological polar surface area (TPSA) is 26.3 Å². The lowest BCUT2D eigenvalue weighted by Crippen LogP contribution is -2.03. The Bertz CT molecular complexity index is 660. The molecule has 0 saturated carbocycles. The summed E-state index contributed by atoms with van der Waals surface area (Å²) in [5, 5.41) is 0. The third kappa shape index (κ3) is 4.92. The Labute approximate surface area is 137 Å². The second-order valence-corrected chi connectivity index (χ2v) is 6.11. The van der Waals surface area contributed by atoms with Gasteiger partial charge in [-0.25, -0.2) is 4.39 Å². The molecule has 0 aliphatic rings. The van der Waals surface area contributed by atoms with Crippen LogP contribution in [0.2, 0.25) is 0 Å². The fraction of sp³-hybridized carbons (Fsp3) is 0.350. The summed E-state index contributed by atoms with van der Waals surface area (Å²) < 4.78 is 19.3. The maximum absolute atomic E-state index is 13.4. The van der Waals surface area contributed by atoms with Crippen LogP contribution in [0.4, 0.5) is 4.39 Å². The molecule has 122 valence electrons. The number of halogens is 1. The first-order chi connectivity index (χ1) is 11.0. The number of carbonyl (C=O) groups excluding carboxylic acids is 1. The Morgan fingerprint density at radius 3 is 2.43 bits per heavy atom. The van der Waals surface area contributed by atoms with E-state index in [1.54, 1.807) is 12.1 Å². The summed E-state index contributed by atoms with van der Waals surface area (Å²) >= 11 is 0. The molecule has 0 atom stereocenters. The van der Waals surface area contributed by atoms with Crippen molar-refractivity contribution in [1.82, 2.24) is 0 Å². The van der Waals surface area contributed by atoms with E-state index in [-0.39, 0.29) is 11.6 Å². The highest BCUT2D eigenvalue weighted by Gasteiger charge is 2.08. The highest BCUT2D eigenvalue weighted by Crippen LogP contribution is 2.24. The molecular formula is C20H23FO2. The van der Waals surface area contributed by atoms with Gasteiger partial charge in [-0.3, -0.25) is 4.79 Å². The van der Waals surface area contributed by atoms with Crippen LogP contribution in [-0.2, 0) is 13.0 Å². The molecule has 2 aromatic rings. The van der Waals surface area contributed by atoms with Crippen LogP contribution < -0.4 is 4.74 Å². The number of ketones is 1. The molecular weight excluding hydrogens is 291 g/mol. The first kappa shape index (κ1) is 17.2. The standard InChI is InChI=1S/C20H23FO2/c1-4-19(22)16-7-5-15(6-8-16)13-23-20-10-9-18(21)12-17(20)11-14(2)3/h5-10,12,14H,4,11,13H2,1-3H3. The number of Topliss-reactive ketones (excluding diaryl/α,β-unsaturated/α-hetero) is 1. The molecule has 2 rings (SSSR count). The molecule has 0 spiro atoms. The molecule has 0 N–H and O–H groups in total. The van der Waals surface area contributed by atoms with E-state index >= 15 is 0 Å². The van der Waals surface area contributed by atoms with Crippen LogP contribution in [0, 0.1) is 11.7 Å². The van der Waals surface area contributed by atoms with Crippen molar-refractivity contribution in [1.29, 1.82) is 0 Å². The van der Waals surface area contributed by atoms with Crippen LogP contribution in [0.25, 0.3) is 0 Å². The fourth-order valence-corrected chi connectivity index (χ4v) is 2.44. The largest absolute Gasteiger partial charge is 0.489 e. The molecule has 2 nitrogen and oxygen atoms in total. The number of rotatable bonds is 7. The van der Waals surface area contributed by atoms with E-state index in [9.17, 15) is 9.18 Å². The minimum absolute atomic E-state index is 0.134. The molecule has 0 unspecified atom stereocenters. The van der Waals surface area contributed by atoms with Crippen molar-refractivity contribution >= 4 is 5.78 Å². The van der Waals surface area contributed by atoms with Crippen molar-refractivity contribution < 1.29 is 13.9 Å². The zero-order chi connectivity index (χ0) is 16.8. The third-order valence-corrected chi connectivity index (χ3v) is 3.64. The van der Waals surface area contributed by atoms with Crippen molar-refractivity contribution in [2.75, 3.05) is 0 Å². The van der Waals surface area contributed by atoms with E-state index in [1.165, 1.54) is 6.07 Å². The van der Waals surface area contributed by atoms with Crippen molar-refractivity contribution in [2.24, 2.45) is 5.92 Å². The average molecular weight is 314 g/mol. The maximum atomic E-state index is 13.4. The van der Waals surface area contributed by atoms with Crippen LogP contribution in [0.5, 0.6) is 5.75 Å². The summed E-state index contributed by atoms with van der Waals surface area (Å²) in [6, 6.07) is 12.1. The Hall–Kier alpha value is -2.16. The van der Waals surface area contributed by atoms with Crippen LogP contribution >= 0.6 is 0 Å². The smallest absolute Gasteiger partial charge is 0.162 e. The lowest BCUT2D eigenvalue weighted by Gasteiger charge is -2.13. The van der Waals surface area contributed by atoms with Gasteiger partial charge in [0.1, 0.15) is 18.2 Å². The molecule has 0 radical (unpaired) electrons. The molecule has 0 aliphatic heterocycles. The van der Waals surface area contributed by atoms with Gasteiger partial charge in [-0.2, -0.15) is 0 Å². The summed E-state index contributed by atoms with van der Waals surface area (Å²) in [5.41, 5.74) is 2.59. The van der Waals surface area contributed by atoms with E-state index < -0.39 is 0 Å². The Kier molecular flexibility index (Phi) is 5.91. The van der Waals surface area contributed by atoms with Gasteiger partial charge in [0, 0.05) is 12.0 Å². The van der Waals surface area contributed by atoms with Gasteiger partial charge in [-0.15, -0.1) is 0 Å². The monoisotopic (exact) mass is 314 g/mol. The van der Waals surface area contributed by atoms with Gasteiger partial charge in [-0.05, 0) is 41.7 Å². The minimum atomic E-state index is -0.240. The van der Waals surface area contributed by atoms with Crippen LogP contribution in [0.15, 0.2) is 42.5 Å². The van der Waals surface area contributed by atoms with Crippen LogP contribution in [0.3, 0.4) is 0 Å². The first-order valence-corrected chi connectivity index (χ1v) is 8.03. The van der Waals surface area contributed by atoms with Crippen molar-refractivity contribution in [3.63, 3.8) is 0 Å². The van der Waals surface area contributed by atoms with Crippen molar-refractivity contribution in [2.45, 2.75) is 40.2 Å². The second kappa shape index (κ2) is 7.91. The Morgan fingerprint density at radius 2 is 1.83 bits per heavy atom. The van der Waals surface area contributed by atoms with E-state index in [1.807, 2.05) is 31.2 Å². The Morgan fingerprint density at radius 1 is 1.13 bits per heavy atom. The molecule has 23 heavy (non-hydrogen) atoms. The van der Waals surface area contributed by atoms with Gasteiger partial charge >= 0.3 is 0 Å². The van der Waals surface area contributed by atoms with E-state index in [0.29, 0.717) is 24.7 Å². The minimum Gasteiger partial charge on any atom is -0.489 e. The summed E-state index contributed by atoms with van der Waals surface area (Å²) in [6.07, 6.45) is 1.28. The van der Waals surface area contributed by atoms with E-state index in [4.69, 9.17) is 4.74 Å². The molecule has 0 aliphatic carbocycles. The molecule has 0 amide bonds. The maximum Gasteiger partial charge on any atom is 0.162 e. The lowest BCUT2D eigenvalue weighted by atomic mass is 10.0. The fourth-order valence-electron chi connectivity index (χ4n) is 2.44.